The van der Waals surface area contributed by atoms with Crippen molar-refractivity contribution in [2.24, 2.45) is 0 Å². The molecule has 1 aromatic rings. The molecule has 0 fully saturated rings. The molecule has 0 aliphatic carbocycles. The summed E-state index contributed by atoms with van der Waals surface area (Å²) in [7, 11) is 0. The molecule has 1 N–H and O–H groups in total. The van der Waals surface area contributed by atoms with E-state index < -0.39 is 5.97 Å². The second-order valence-electron chi connectivity index (χ2n) is 2.00. The first kappa shape index (κ1) is 10.6. The molecule has 0 atom stereocenters. The van der Waals surface area contributed by atoms with Gasteiger partial charge >= 0.3 is 5.97 Å². The second-order valence-corrected chi connectivity index (χ2v) is 2.00. The molecule has 0 unspecified atom stereocenters. The lowest BCUT2D eigenvalue weighted by atomic mass is 10.2. The normalized spacial score (nSPS) is 8.25. The van der Waals surface area contributed by atoms with E-state index in [1.54, 1.807) is 6.92 Å². The zero-order valence-electron chi connectivity index (χ0n) is 7.53. The molecule has 0 saturated carbocycles. The third-order valence-electron chi connectivity index (χ3n) is 1.25. The fourth-order valence-corrected chi connectivity index (χ4v) is 0.713. The Labute approximate surface area is 72.1 Å². The maximum absolute atomic E-state index is 10.4. The maximum atomic E-state index is 10.4. The molecule has 0 bridgehead atoms. The van der Waals surface area contributed by atoms with E-state index >= 15 is 0 Å². The summed E-state index contributed by atoms with van der Waals surface area (Å²) in [5.41, 5.74) is 1.00. The maximum Gasteiger partial charge on any atom is 0.336 e. The van der Waals surface area contributed by atoms with Gasteiger partial charge in [0.1, 0.15) is 0 Å². The molecule has 0 spiro atoms. The summed E-state index contributed by atoms with van der Waals surface area (Å²) in [6.07, 6.45) is 3.00. The van der Waals surface area contributed by atoms with Crippen LogP contribution in [0.15, 0.2) is 18.5 Å². The van der Waals surface area contributed by atoms with E-state index in [0.717, 1.165) is 0 Å². The monoisotopic (exact) mass is 167 g/mol. The van der Waals surface area contributed by atoms with Crippen LogP contribution in [-0.2, 0) is 0 Å². The standard InChI is InChI=1S/C7H7NO2.C2H6/c1-5-4-8-3-2-6(5)7(9)10;1-2/h2-4H,1H3,(H,9,10);1-2H3. The van der Waals surface area contributed by atoms with E-state index in [4.69, 9.17) is 5.11 Å². The molecular formula is C9H13NO2. The predicted octanol–water partition coefficient (Wildman–Crippen LogP) is 2.11. The topological polar surface area (TPSA) is 50.2 Å². The summed E-state index contributed by atoms with van der Waals surface area (Å²) >= 11 is 0. The van der Waals surface area contributed by atoms with Gasteiger partial charge in [0.15, 0.2) is 0 Å². The van der Waals surface area contributed by atoms with Gasteiger partial charge in [-0.15, -0.1) is 0 Å². The van der Waals surface area contributed by atoms with Gasteiger partial charge in [-0.3, -0.25) is 4.98 Å². The van der Waals surface area contributed by atoms with Crippen molar-refractivity contribution >= 4 is 5.97 Å². The van der Waals surface area contributed by atoms with Crippen LogP contribution in [-0.4, -0.2) is 16.1 Å². The first-order chi connectivity index (χ1) is 5.72. The number of carboxylic acids is 1. The quantitative estimate of drug-likeness (QED) is 0.696. The summed E-state index contributed by atoms with van der Waals surface area (Å²) in [6, 6.07) is 1.48. The van der Waals surface area contributed by atoms with Crippen molar-refractivity contribution in [2.75, 3.05) is 0 Å². The highest BCUT2D eigenvalue weighted by Crippen LogP contribution is 2.03. The van der Waals surface area contributed by atoms with Gasteiger partial charge in [0.05, 0.1) is 5.56 Å². The summed E-state index contributed by atoms with van der Waals surface area (Å²) < 4.78 is 0. The van der Waals surface area contributed by atoms with Crippen LogP contribution in [0.5, 0.6) is 0 Å². The van der Waals surface area contributed by atoms with E-state index in [1.165, 1.54) is 18.5 Å². The van der Waals surface area contributed by atoms with Crippen LogP contribution in [0.25, 0.3) is 0 Å². The number of carbonyl (C=O) groups is 1. The van der Waals surface area contributed by atoms with Crippen LogP contribution in [0.4, 0.5) is 0 Å². The first-order valence-corrected chi connectivity index (χ1v) is 3.85. The van der Waals surface area contributed by atoms with Crippen molar-refractivity contribution in [1.29, 1.82) is 0 Å². The van der Waals surface area contributed by atoms with Crippen molar-refractivity contribution < 1.29 is 9.90 Å². The second kappa shape index (κ2) is 5.29. The minimum Gasteiger partial charge on any atom is -0.478 e. The van der Waals surface area contributed by atoms with Gasteiger partial charge in [0, 0.05) is 12.4 Å². The van der Waals surface area contributed by atoms with Gasteiger partial charge in [-0.05, 0) is 18.6 Å². The molecule has 0 radical (unpaired) electrons. The molecule has 3 heteroatoms. The number of rotatable bonds is 1. The van der Waals surface area contributed by atoms with Gasteiger partial charge in [-0.25, -0.2) is 4.79 Å². The minimum atomic E-state index is -0.903. The largest absolute Gasteiger partial charge is 0.478 e. The number of hydrogen-bond donors (Lipinski definition) is 1. The van der Waals surface area contributed by atoms with E-state index in [0.29, 0.717) is 11.1 Å². The van der Waals surface area contributed by atoms with Crippen LogP contribution in [0.2, 0.25) is 0 Å². The number of pyridine rings is 1. The van der Waals surface area contributed by atoms with Crippen LogP contribution in [0, 0.1) is 6.92 Å². The molecule has 12 heavy (non-hydrogen) atoms. The summed E-state index contributed by atoms with van der Waals surface area (Å²) in [5, 5.41) is 8.54. The minimum absolute atomic E-state index is 0.315. The molecule has 1 heterocycles. The number of nitrogens with zero attached hydrogens (tertiary/aromatic N) is 1. The van der Waals surface area contributed by atoms with Crippen LogP contribution in [0.1, 0.15) is 29.8 Å². The number of carboxylic acid groups (broad SMARTS) is 1. The average Bonchev–Trinajstić information content (AvgIpc) is 2.08. The highest BCUT2D eigenvalue weighted by Gasteiger charge is 2.03. The average molecular weight is 167 g/mol. The van der Waals surface area contributed by atoms with Gasteiger partial charge in [-0.1, -0.05) is 13.8 Å². The van der Waals surface area contributed by atoms with Crippen molar-refractivity contribution in [3.05, 3.63) is 29.6 Å². The van der Waals surface area contributed by atoms with Crippen molar-refractivity contribution in [2.45, 2.75) is 20.8 Å². The molecule has 0 aliphatic rings. The lowest BCUT2D eigenvalue weighted by molar-refractivity contribution is 0.0696. The molecule has 3 nitrogen and oxygen atoms in total. The van der Waals surface area contributed by atoms with E-state index in [-0.39, 0.29) is 0 Å². The van der Waals surface area contributed by atoms with E-state index in [2.05, 4.69) is 4.98 Å². The molecule has 1 aromatic heterocycles. The molecule has 0 saturated heterocycles. The molecule has 0 aliphatic heterocycles. The summed E-state index contributed by atoms with van der Waals surface area (Å²) in [4.78, 5) is 14.2. The van der Waals surface area contributed by atoms with Crippen LogP contribution in [0.3, 0.4) is 0 Å². The van der Waals surface area contributed by atoms with Gasteiger partial charge < -0.3 is 5.11 Å². The highest BCUT2D eigenvalue weighted by molar-refractivity contribution is 5.88. The zero-order valence-corrected chi connectivity index (χ0v) is 7.53. The molecule has 1 rings (SSSR count). The first-order valence-electron chi connectivity index (χ1n) is 3.85. The lowest BCUT2D eigenvalue weighted by Crippen LogP contribution is -1.98. The van der Waals surface area contributed by atoms with E-state index in [1.807, 2.05) is 13.8 Å². The number of aromatic nitrogens is 1. The molecule has 0 aromatic carbocycles. The predicted molar refractivity (Wildman–Crippen MR) is 47.3 cm³/mol. The van der Waals surface area contributed by atoms with Gasteiger partial charge in [-0.2, -0.15) is 0 Å². The number of aromatic carboxylic acids is 1. The van der Waals surface area contributed by atoms with Crippen LogP contribution >= 0.6 is 0 Å². The fraction of sp³-hybridized carbons (Fsp3) is 0.333. The summed E-state index contributed by atoms with van der Waals surface area (Å²) in [6.45, 7) is 5.72. The van der Waals surface area contributed by atoms with Crippen molar-refractivity contribution in [3.8, 4) is 0 Å². The van der Waals surface area contributed by atoms with Gasteiger partial charge in [0.2, 0.25) is 0 Å². The van der Waals surface area contributed by atoms with Crippen molar-refractivity contribution in [1.82, 2.24) is 4.98 Å². The Kier molecular flexibility index (Phi) is 4.69. The lowest BCUT2D eigenvalue weighted by Gasteiger charge is -1.95. The van der Waals surface area contributed by atoms with Crippen molar-refractivity contribution in [3.63, 3.8) is 0 Å². The van der Waals surface area contributed by atoms with E-state index in [9.17, 15) is 4.79 Å². The zero-order chi connectivity index (χ0) is 9.56. The van der Waals surface area contributed by atoms with Crippen LogP contribution < -0.4 is 0 Å². The Morgan fingerprint density at radius 3 is 2.42 bits per heavy atom. The van der Waals surface area contributed by atoms with Gasteiger partial charge in [0.25, 0.3) is 0 Å². The number of hydrogen-bond acceptors (Lipinski definition) is 2. The Bertz CT molecular complexity index is 258. The Balaban J connectivity index is 0.000000561. The number of aryl methyl sites for hydroxylation is 1. The SMILES string of the molecule is CC.Cc1cnccc1C(=O)O. The summed E-state index contributed by atoms with van der Waals surface area (Å²) in [5.74, 6) is -0.903. The fourth-order valence-electron chi connectivity index (χ4n) is 0.713. The highest BCUT2D eigenvalue weighted by atomic mass is 16.4. The Morgan fingerprint density at radius 2 is 2.08 bits per heavy atom. The Hall–Kier alpha value is -1.38. The third kappa shape index (κ3) is 2.70. The Morgan fingerprint density at radius 1 is 1.50 bits per heavy atom. The smallest absolute Gasteiger partial charge is 0.336 e. The third-order valence-corrected chi connectivity index (χ3v) is 1.25. The molecular weight excluding hydrogens is 154 g/mol. The molecule has 0 amide bonds. The molecule has 66 valence electrons.